The van der Waals surface area contributed by atoms with Gasteiger partial charge >= 0.3 is 0 Å². The van der Waals surface area contributed by atoms with Crippen LogP contribution in [0.4, 0.5) is 0 Å². The second-order valence-electron chi connectivity index (χ2n) is 8.29. The topological polar surface area (TPSA) is 54.5 Å². The Morgan fingerprint density at radius 1 is 1.16 bits per heavy atom. The molecular weight excluding hydrogens is 418 g/mol. The van der Waals surface area contributed by atoms with Crippen LogP contribution in [0.5, 0.6) is 5.75 Å². The van der Waals surface area contributed by atoms with Gasteiger partial charge in [0.2, 0.25) is 5.91 Å². The highest BCUT2D eigenvalue weighted by Crippen LogP contribution is 2.32. The van der Waals surface area contributed by atoms with E-state index in [1.165, 1.54) is 11.1 Å². The number of para-hydroxylation sites is 1. The number of likely N-dealkylation sites (tertiary alicyclic amines) is 1. The molecule has 0 radical (unpaired) electrons. The number of ether oxygens (including phenoxy) is 1. The zero-order valence-electron chi connectivity index (χ0n) is 18.8. The second kappa shape index (κ2) is 10.7. The van der Waals surface area contributed by atoms with Gasteiger partial charge < -0.3 is 10.1 Å². The van der Waals surface area contributed by atoms with Crippen LogP contribution in [-0.2, 0) is 17.8 Å². The van der Waals surface area contributed by atoms with Crippen LogP contribution >= 0.6 is 11.3 Å². The van der Waals surface area contributed by atoms with Gasteiger partial charge in [-0.1, -0.05) is 36.4 Å². The van der Waals surface area contributed by atoms with Crippen molar-refractivity contribution >= 4 is 17.2 Å². The Morgan fingerprint density at radius 3 is 2.69 bits per heavy atom. The maximum Gasteiger partial charge on any atom is 0.226 e. The number of aromatic nitrogens is 1. The predicted octanol–water partition coefficient (Wildman–Crippen LogP) is 4.84. The van der Waals surface area contributed by atoms with Gasteiger partial charge in [-0.25, -0.2) is 4.98 Å². The van der Waals surface area contributed by atoms with Crippen molar-refractivity contribution in [1.82, 2.24) is 15.2 Å². The summed E-state index contributed by atoms with van der Waals surface area (Å²) in [6, 6.07) is 16.7. The largest absolute Gasteiger partial charge is 0.493 e. The Labute approximate surface area is 194 Å². The molecule has 4 rings (SSSR count). The number of aryl methyl sites for hydroxylation is 1. The summed E-state index contributed by atoms with van der Waals surface area (Å²) in [4.78, 5) is 19.8. The van der Waals surface area contributed by atoms with E-state index in [9.17, 15) is 4.79 Å². The Balaban J connectivity index is 1.27. The summed E-state index contributed by atoms with van der Waals surface area (Å²) in [5, 5.41) is 6.08. The standard InChI is InChI=1S/C26H31N3O2S/c1-3-31-24-11-7-6-10-23(24)26-28-22(18-32-26)16-25(30)27-21-12-14-29(15-13-21)17-20-9-5-4-8-19(20)2/h4-11,18,21H,3,12-17H2,1-2H3,(H,27,30). The molecule has 1 aliphatic heterocycles. The van der Waals surface area contributed by atoms with E-state index in [1.807, 2.05) is 36.6 Å². The van der Waals surface area contributed by atoms with E-state index in [1.54, 1.807) is 11.3 Å². The molecule has 1 fully saturated rings. The van der Waals surface area contributed by atoms with Gasteiger partial charge in [0.1, 0.15) is 10.8 Å². The number of rotatable bonds is 8. The van der Waals surface area contributed by atoms with Crippen molar-refractivity contribution in [1.29, 1.82) is 0 Å². The van der Waals surface area contributed by atoms with E-state index < -0.39 is 0 Å². The first-order valence-corrected chi connectivity index (χ1v) is 12.2. The molecule has 6 heteroatoms. The highest BCUT2D eigenvalue weighted by Gasteiger charge is 2.21. The molecule has 0 bridgehead atoms. The first-order valence-electron chi connectivity index (χ1n) is 11.3. The molecular formula is C26H31N3O2S. The lowest BCUT2D eigenvalue weighted by atomic mass is 10.0. The van der Waals surface area contributed by atoms with E-state index in [0.717, 1.165) is 54.5 Å². The van der Waals surface area contributed by atoms with Crippen molar-refractivity contribution in [2.24, 2.45) is 0 Å². The molecule has 5 nitrogen and oxygen atoms in total. The van der Waals surface area contributed by atoms with Gasteiger partial charge in [-0.3, -0.25) is 9.69 Å². The summed E-state index contributed by atoms with van der Waals surface area (Å²) in [6.07, 6.45) is 2.29. The second-order valence-corrected chi connectivity index (χ2v) is 9.15. The molecule has 1 N–H and O–H groups in total. The number of hydrogen-bond acceptors (Lipinski definition) is 5. The lowest BCUT2D eigenvalue weighted by Gasteiger charge is -2.32. The van der Waals surface area contributed by atoms with Gasteiger partial charge in [0.05, 0.1) is 24.3 Å². The van der Waals surface area contributed by atoms with Crippen molar-refractivity contribution in [2.75, 3.05) is 19.7 Å². The highest BCUT2D eigenvalue weighted by atomic mass is 32.1. The molecule has 1 aromatic heterocycles. The summed E-state index contributed by atoms with van der Waals surface area (Å²) >= 11 is 1.56. The van der Waals surface area contributed by atoms with Crippen molar-refractivity contribution in [2.45, 2.75) is 45.7 Å². The quantitative estimate of drug-likeness (QED) is 0.535. The molecule has 2 heterocycles. The number of benzene rings is 2. The summed E-state index contributed by atoms with van der Waals surface area (Å²) in [5.41, 5.74) is 4.52. The monoisotopic (exact) mass is 449 g/mol. The molecule has 32 heavy (non-hydrogen) atoms. The van der Waals surface area contributed by atoms with Crippen LogP contribution in [0.3, 0.4) is 0 Å². The van der Waals surface area contributed by atoms with Gasteiger partial charge in [-0.15, -0.1) is 11.3 Å². The van der Waals surface area contributed by atoms with Crippen LogP contribution in [0.25, 0.3) is 10.6 Å². The van der Waals surface area contributed by atoms with Gasteiger partial charge in [0, 0.05) is 31.1 Å². The minimum Gasteiger partial charge on any atom is -0.493 e. The summed E-state index contributed by atoms with van der Waals surface area (Å²) in [7, 11) is 0. The molecule has 1 amide bonds. The zero-order chi connectivity index (χ0) is 22.3. The van der Waals surface area contributed by atoms with Crippen LogP contribution in [0.1, 0.15) is 36.6 Å². The fourth-order valence-electron chi connectivity index (χ4n) is 4.14. The number of carbonyl (C=O) groups excluding carboxylic acids is 1. The van der Waals surface area contributed by atoms with Gasteiger partial charge in [-0.2, -0.15) is 0 Å². The summed E-state index contributed by atoms with van der Waals surface area (Å²) in [5.74, 6) is 0.884. The number of nitrogens with one attached hydrogen (secondary N) is 1. The van der Waals surface area contributed by atoms with Crippen LogP contribution in [-0.4, -0.2) is 41.5 Å². The maximum atomic E-state index is 12.6. The predicted molar refractivity (Wildman–Crippen MR) is 130 cm³/mol. The minimum absolute atomic E-state index is 0.0531. The lowest BCUT2D eigenvalue weighted by molar-refractivity contribution is -0.121. The van der Waals surface area contributed by atoms with Gasteiger partial charge in [0.15, 0.2) is 0 Å². The van der Waals surface area contributed by atoms with E-state index >= 15 is 0 Å². The van der Waals surface area contributed by atoms with Crippen LogP contribution in [0.2, 0.25) is 0 Å². The fraction of sp³-hybridized carbons (Fsp3) is 0.385. The molecule has 2 aromatic carbocycles. The van der Waals surface area contributed by atoms with Crippen molar-refractivity contribution in [3.05, 3.63) is 70.7 Å². The number of piperidine rings is 1. The molecule has 0 aliphatic carbocycles. The van der Waals surface area contributed by atoms with Crippen LogP contribution in [0.15, 0.2) is 53.9 Å². The van der Waals surface area contributed by atoms with E-state index in [4.69, 9.17) is 9.72 Å². The molecule has 0 spiro atoms. The summed E-state index contributed by atoms with van der Waals surface area (Å²) in [6.45, 7) is 7.76. The van der Waals surface area contributed by atoms with E-state index in [0.29, 0.717) is 13.0 Å². The van der Waals surface area contributed by atoms with Crippen molar-refractivity contribution in [3.63, 3.8) is 0 Å². The highest BCUT2D eigenvalue weighted by molar-refractivity contribution is 7.13. The molecule has 1 aliphatic rings. The Hall–Kier alpha value is -2.70. The number of hydrogen-bond donors (Lipinski definition) is 1. The third-order valence-electron chi connectivity index (χ3n) is 5.92. The van der Waals surface area contributed by atoms with Gasteiger partial charge in [0.25, 0.3) is 0 Å². The molecule has 0 atom stereocenters. The molecule has 0 saturated carbocycles. The smallest absolute Gasteiger partial charge is 0.226 e. The average molecular weight is 450 g/mol. The normalized spacial score (nSPS) is 14.9. The SMILES string of the molecule is CCOc1ccccc1-c1nc(CC(=O)NC2CCN(Cc3ccccc3C)CC2)cs1. The van der Waals surface area contributed by atoms with Crippen molar-refractivity contribution < 1.29 is 9.53 Å². The number of nitrogens with zero attached hydrogens (tertiary/aromatic N) is 2. The molecule has 0 unspecified atom stereocenters. The van der Waals surface area contributed by atoms with Crippen LogP contribution < -0.4 is 10.1 Å². The lowest BCUT2D eigenvalue weighted by Crippen LogP contribution is -2.44. The third-order valence-corrected chi connectivity index (χ3v) is 6.84. The van der Waals surface area contributed by atoms with Crippen LogP contribution in [0, 0.1) is 6.92 Å². The fourth-order valence-corrected chi connectivity index (χ4v) is 4.99. The number of amides is 1. The summed E-state index contributed by atoms with van der Waals surface area (Å²) < 4.78 is 5.72. The van der Waals surface area contributed by atoms with E-state index in [2.05, 4.69) is 41.4 Å². The zero-order valence-corrected chi connectivity index (χ0v) is 19.7. The number of thiazole rings is 1. The molecule has 1 saturated heterocycles. The van der Waals surface area contributed by atoms with Crippen molar-refractivity contribution in [3.8, 4) is 16.3 Å². The Kier molecular flexibility index (Phi) is 7.55. The molecule has 168 valence electrons. The maximum absolute atomic E-state index is 12.6. The first-order chi connectivity index (χ1) is 15.6. The number of carbonyl (C=O) groups is 1. The first kappa shape index (κ1) is 22.5. The minimum atomic E-state index is 0.0531. The molecule has 3 aromatic rings. The third kappa shape index (κ3) is 5.75. The average Bonchev–Trinajstić information content (AvgIpc) is 3.25. The van der Waals surface area contributed by atoms with Gasteiger partial charge in [-0.05, 0) is 49.9 Å². The Bertz CT molecular complexity index is 1040. The van der Waals surface area contributed by atoms with E-state index in [-0.39, 0.29) is 11.9 Å². The Morgan fingerprint density at radius 2 is 1.91 bits per heavy atom.